The second-order valence-corrected chi connectivity index (χ2v) is 6.85. The number of amides is 3. The van der Waals surface area contributed by atoms with Crippen molar-refractivity contribution in [3.05, 3.63) is 23.8 Å². The monoisotopic (exact) mass is 348 g/mol. The van der Waals surface area contributed by atoms with Crippen molar-refractivity contribution >= 4 is 23.3 Å². The molecule has 25 heavy (non-hydrogen) atoms. The number of urea groups is 1. The van der Waals surface area contributed by atoms with Crippen molar-refractivity contribution in [3.8, 4) is 0 Å². The predicted octanol–water partition coefficient (Wildman–Crippen LogP) is 3.29. The number of carbonyl (C=O) groups is 2. The Morgan fingerprint density at radius 1 is 1.16 bits per heavy atom. The molecule has 1 unspecified atom stereocenters. The molecule has 3 amide bonds. The summed E-state index contributed by atoms with van der Waals surface area (Å²) in [7, 11) is 3.94. The number of anilines is 2. The first-order chi connectivity index (χ1) is 11.7. The van der Waals surface area contributed by atoms with E-state index < -0.39 is 0 Å². The quantitative estimate of drug-likeness (QED) is 0.795. The first kappa shape index (κ1) is 20.8. The van der Waals surface area contributed by atoms with Gasteiger partial charge in [-0.25, -0.2) is 4.79 Å². The second kappa shape index (κ2) is 9.30. The number of rotatable bonds is 7. The van der Waals surface area contributed by atoms with Gasteiger partial charge in [0.2, 0.25) is 5.91 Å². The molecule has 0 radical (unpaired) electrons. The molecular formula is C19H32N4O2. The lowest BCUT2D eigenvalue weighted by Gasteiger charge is -2.32. The molecule has 0 fully saturated rings. The highest BCUT2D eigenvalue weighted by Gasteiger charge is 2.21. The Kier molecular flexibility index (Phi) is 7.74. The molecule has 0 spiro atoms. The summed E-state index contributed by atoms with van der Waals surface area (Å²) in [6.45, 7) is 10.8. The number of benzene rings is 1. The molecule has 1 rings (SSSR count). The first-order valence-corrected chi connectivity index (χ1v) is 8.79. The molecule has 1 aromatic rings. The van der Waals surface area contributed by atoms with Crippen molar-refractivity contribution in [2.24, 2.45) is 5.92 Å². The Labute approximate surface area is 151 Å². The van der Waals surface area contributed by atoms with Crippen LogP contribution in [0.2, 0.25) is 0 Å². The van der Waals surface area contributed by atoms with Crippen LogP contribution in [0.1, 0.15) is 40.2 Å². The first-order valence-electron chi connectivity index (χ1n) is 8.79. The summed E-state index contributed by atoms with van der Waals surface area (Å²) in [5.41, 5.74) is 2.75. The smallest absolute Gasteiger partial charge is 0.319 e. The molecule has 0 aliphatic rings. The number of nitrogens with zero attached hydrogens (tertiary/aromatic N) is 2. The predicted molar refractivity (Wildman–Crippen MR) is 104 cm³/mol. The maximum absolute atomic E-state index is 12.2. The van der Waals surface area contributed by atoms with Crippen LogP contribution in [0.15, 0.2) is 18.2 Å². The van der Waals surface area contributed by atoms with E-state index in [1.165, 1.54) is 0 Å². The van der Waals surface area contributed by atoms with Crippen molar-refractivity contribution in [3.63, 3.8) is 0 Å². The van der Waals surface area contributed by atoms with Crippen molar-refractivity contribution in [2.75, 3.05) is 30.9 Å². The minimum absolute atomic E-state index is 0.0491. The van der Waals surface area contributed by atoms with Crippen LogP contribution in [0.4, 0.5) is 16.2 Å². The van der Waals surface area contributed by atoms with Gasteiger partial charge in [0.05, 0.1) is 0 Å². The van der Waals surface area contributed by atoms with Crippen LogP contribution in [-0.2, 0) is 11.3 Å². The third-order valence-electron chi connectivity index (χ3n) is 4.36. The number of nitrogens with one attached hydrogen (secondary N) is 2. The highest BCUT2D eigenvalue weighted by Crippen LogP contribution is 2.26. The standard InChI is InChI=1S/C19H32N4O2/c1-8-20-19(25)21-17-9-10-18(22(6)7)16(11-17)12-23(15(5)24)14(4)13(2)3/h9-11,13-14H,8,12H2,1-7H3,(H2,20,21,25). The normalized spacial score (nSPS) is 11.8. The van der Waals surface area contributed by atoms with Gasteiger partial charge >= 0.3 is 6.03 Å². The molecule has 140 valence electrons. The van der Waals surface area contributed by atoms with Crippen LogP contribution in [0.5, 0.6) is 0 Å². The molecule has 6 heteroatoms. The second-order valence-electron chi connectivity index (χ2n) is 6.85. The average molecular weight is 348 g/mol. The van der Waals surface area contributed by atoms with Gasteiger partial charge in [-0.15, -0.1) is 0 Å². The minimum atomic E-state index is -0.231. The van der Waals surface area contributed by atoms with Crippen LogP contribution in [-0.4, -0.2) is 43.5 Å². The van der Waals surface area contributed by atoms with E-state index in [9.17, 15) is 9.59 Å². The Morgan fingerprint density at radius 2 is 1.80 bits per heavy atom. The zero-order valence-corrected chi connectivity index (χ0v) is 16.5. The Bertz CT molecular complexity index is 599. The molecule has 0 saturated carbocycles. The van der Waals surface area contributed by atoms with Crippen molar-refractivity contribution in [2.45, 2.75) is 47.2 Å². The van der Waals surface area contributed by atoms with Gasteiger partial charge in [0.1, 0.15) is 0 Å². The largest absolute Gasteiger partial charge is 0.377 e. The SMILES string of the molecule is CCNC(=O)Nc1ccc(N(C)C)c(CN(C(C)=O)C(C)C(C)C)c1. The third-order valence-corrected chi connectivity index (χ3v) is 4.36. The Hall–Kier alpha value is -2.24. The number of hydrogen-bond acceptors (Lipinski definition) is 3. The molecule has 1 atom stereocenters. The van der Waals surface area contributed by atoms with Crippen LogP contribution in [0, 0.1) is 5.92 Å². The molecule has 1 aromatic carbocycles. The molecule has 0 aromatic heterocycles. The van der Waals surface area contributed by atoms with Gasteiger partial charge in [-0.2, -0.15) is 0 Å². The molecule has 0 aliphatic carbocycles. The van der Waals surface area contributed by atoms with E-state index in [0.29, 0.717) is 24.7 Å². The summed E-state index contributed by atoms with van der Waals surface area (Å²) >= 11 is 0. The topological polar surface area (TPSA) is 64.7 Å². The fraction of sp³-hybridized carbons (Fsp3) is 0.579. The molecular weight excluding hydrogens is 316 g/mol. The molecule has 0 heterocycles. The van der Waals surface area contributed by atoms with Gasteiger partial charge < -0.3 is 20.4 Å². The van der Waals surface area contributed by atoms with Gasteiger partial charge in [0.25, 0.3) is 0 Å². The van der Waals surface area contributed by atoms with Crippen LogP contribution >= 0.6 is 0 Å². The van der Waals surface area contributed by atoms with Crippen LogP contribution in [0.25, 0.3) is 0 Å². The van der Waals surface area contributed by atoms with Crippen molar-refractivity contribution in [1.29, 1.82) is 0 Å². The lowest BCUT2D eigenvalue weighted by Crippen LogP contribution is -2.39. The molecule has 0 aliphatic heterocycles. The van der Waals surface area contributed by atoms with Crippen molar-refractivity contribution < 1.29 is 9.59 Å². The van der Waals surface area contributed by atoms with E-state index in [2.05, 4.69) is 31.4 Å². The molecule has 0 saturated heterocycles. The van der Waals surface area contributed by atoms with E-state index >= 15 is 0 Å². The van der Waals surface area contributed by atoms with Gasteiger partial charge in [0.15, 0.2) is 0 Å². The molecule has 6 nitrogen and oxygen atoms in total. The van der Waals surface area contributed by atoms with E-state index in [1.54, 1.807) is 6.92 Å². The maximum Gasteiger partial charge on any atom is 0.319 e. The van der Waals surface area contributed by atoms with E-state index in [-0.39, 0.29) is 18.0 Å². The number of carbonyl (C=O) groups excluding carboxylic acids is 2. The summed E-state index contributed by atoms with van der Waals surface area (Å²) < 4.78 is 0. The van der Waals surface area contributed by atoms with Gasteiger partial charge in [0, 0.05) is 51.5 Å². The highest BCUT2D eigenvalue weighted by molar-refractivity contribution is 5.89. The highest BCUT2D eigenvalue weighted by atomic mass is 16.2. The van der Waals surface area contributed by atoms with E-state index in [4.69, 9.17) is 0 Å². The Balaban J connectivity index is 3.15. The molecule has 2 N–H and O–H groups in total. The van der Waals surface area contributed by atoms with Gasteiger partial charge in [-0.1, -0.05) is 13.8 Å². The summed E-state index contributed by atoms with van der Waals surface area (Å²) in [4.78, 5) is 27.8. The zero-order chi connectivity index (χ0) is 19.1. The van der Waals surface area contributed by atoms with Gasteiger partial charge in [-0.05, 0) is 43.5 Å². The fourth-order valence-electron chi connectivity index (χ4n) is 2.65. The summed E-state index contributed by atoms with van der Waals surface area (Å²) in [5.74, 6) is 0.413. The summed E-state index contributed by atoms with van der Waals surface area (Å²) in [5, 5.41) is 5.55. The average Bonchev–Trinajstić information content (AvgIpc) is 2.51. The molecule has 0 bridgehead atoms. The van der Waals surface area contributed by atoms with Crippen LogP contribution < -0.4 is 15.5 Å². The maximum atomic E-state index is 12.2. The fourth-order valence-corrected chi connectivity index (χ4v) is 2.65. The Morgan fingerprint density at radius 3 is 2.28 bits per heavy atom. The van der Waals surface area contributed by atoms with Crippen molar-refractivity contribution in [1.82, 2.24) is 10.2 Å². The van der Waals surface area contributed by atoms with E-state index in [1.807, 2.05) is 49.0 Å². The lowest BCUT2D eigenvalue weighted by atomic mass is 10.0. The lowest BCUT2D eigenvalue weighted by molar-refractivity contribution is -0.132. The van der Waals surface area contributed by atoms with Crippen LogP contribution in [0.3, 0.4) is 0 Å². The number of hydrogen-bond donors (Lipinski definition) is 2. The zero-order valence-electron chi connectivity index (χ0n) is 16.5. The van der Waals surface area contributed by atoms with Gasteiger partial charge in [-0.3, -0.25) is 4.79 Å². The summed E-state index contributed by atoms with van der Waals surface area (Å²) in [6, 6.07) is 5.68. The van der Waals surface area contributed by atoms with E-state index in [0.717, 1.165) is 11.3 Å². The summed E-state index contributed by atoms with van der Waals surface area (Å²) in [6.07, 6.45) is 0. The minimum Gasteiger partial charge on any atom is -0.377 e. The third kappa shape index (κ3) is 5.96.